The number of hydrogen-bond donors (Lipinski definition) is 0. The van der Waals surface area contributed by atoms with Crippen molar-refractivity contribution in [3.8, 4) is 0 Å². The highest BCUT2D eigenvalue weighted by molar-refractivity contribution is 9.09. The van der Waals surface area contributed by atoms with E-state index in [0.717, 1.165) is 31.4 Å². The van der Waals surface area contributed by atoms with Crippen molar-refractivity contribution in [1.29, 1.82) is 0 Å². The van der Waals surface area contributed by atoms with Crippen molar-refractivity contribution in [2.75, 3.05) is 25.1 Å². The first-order valence-electron chi connectivity index (χ1n) is 6.92. The number of nitrogens with zero attached hydrogens (tertiary/aromatic N) is 1. The number of imide groups is 1. The van der Waals surface area contributed by atoms with E-state index < -0.39 is 0 Å². The summed E-state index contributed by atoms with van der Waals surface area (Å²) in [7, 11) is 0. The van der Waals surface area contributed by atoms with Crippen LogP contribution in [0.2, 0.25) is 0 Å². The van der Waals surface area contributed by atoms with Gasteiger partial charge in [-0.05, 0) is 18.3 Å². The molecule has 4 nitrogen and oxygen atoms in total. The Morgan fingerprint density at radius 2 is 1.74 bits per heavy atom. The molecular formula is C14H20BrNO3. The summed E-state index contributed by atoms with van der Waals surface area (Å²) >= 11 is 3.56. The van der Waals surface area contributed by atoms with Crippen LogP contribution in [-0.2, 0) is 14.3 Å². The van der Waals surface area contributed by atoms with Crippen LogP contribution in [0, 0.1) is 22.7 Å². The molecule has 2 saturated heterocycles. The number of carbonyl (C=O) groups excluding carboxylic acids is 2. The number of alkyl halides is 1. The second kappa shape index (κ2) is 4.29. The van der Waals surface area contributed by atoms with Gasteiger partial charge in [0.05, 0.1) is 11.8 Å². The van der Waals surface area contributed by atoms with Gasteiger partial charge in [0.1, 0.15) is 0 Å². The number of ether oxygens (including phenoxy) is 1. The first-order valence-corrected chi connectivity index (χ1v) is 8.04. The van der Waals surface area contributed by atoms with Crippen LogP contribution in [0.1, 0.15) is 26.7 Å². The van der Waals surface area contributed by atoms with Crippen molar-refractivity contribution in [2.45, 2.75) is 26.7 Å². The molecule has 106 valence electrons. The Bertz CT molecular complexity index is 404. The van der Waals surface area contributed by atoms with E-state index in [9.17, 15) is 9.59 Å². The normalized spacial score (nSPS) is 35.4. The van der Waals surface area contributed by atoms with Crippen LogP contribution in [-0.4, -0.2) is 41.8 Å². The second-order valence-electron chi connectivity index (χ2n) is 6.79. The fraction of sp³-hybridized carbons (Fsp3) is 0.857. The van der Waals surface area contributed by atoms with Crippen LogP contribution in [0.25, 0.3) is 0 Å². The molecular weight excluding hydrogens is 310 g/mol. The van der Waals surface area contributed by atoms with Crippen molar-refractivity contribution in [3.63, 3.8) is 0 Å². The molecule has 0 aromatic carbocycles. The highest BCUT2D eigenvalue weighted by Gasteiger charge is 2.72. The molecule has 3 rings (SSSR count). The summed E-state index contributed by atoms with van der Waals surface area (Å²) in [6.07, 6.45) is 1.82. The minimum absolute atomic E-state index is 0.00446. The predicted molar refractivity (Wildman–Crippen MR) is 73.8 cm³/mol. The minimum atomic E-state index is -0.109. The molecule has 2 atom stereocenters. The van der Waals surface area contributed by atoms with Crippen LogP contribution in [0.3, 0.4) is 0 Å². The highest BCUT2D eigenvalue weighted by atomic mass is 79.9. The third-order valence-corrected chi connectivity index (χ3v) is 6.41. The van der Waals surface area contributed by atoms with E-state index >= 15 is 0 Å². The monoisotopic (exact) mass is 329 g/mol. The van der Waals surface area contributed by atoms with E-state index in [1.54, 1.807) is 0 Å². The predicted octanol–water partition coefficient (Wildman–Crippen LogP) is 1.82. The summed E-state index contributed by atoms with van der Waals surface area (Å²) in [5.41, 5.74) is -0.105. The molecule has 19 heavy (non-hydrogen) atoms. The minimum Gasteiger partial charge on any atom is -0.381 e. The standard InChI is InChI=1S/C14H20BrNO3/c1-13(2)9-10(13)12(18)16(11(9)17)8-14(7-15)3-5-19-6-4-14/h9-10H,3-8H2,1-2H3. The number of amides is 2. The van der Waals surface area contributed by atoms with Gasteiger partial charge in [0.15, 0.2) is 0 Å². The fourth-order valence-corrected chi connectivity index (χ4v) is 4.37. The molecule has 2 unspecified atom stereocenters. The second-order valence-corrected chi connectivity index (χ2v) is 7.35. The lowest BCUT2D eigenvalue weighted by atomic mass is 9.81. The lowest BCUT2D eigenvalue weighted by molar-refractivity contribution is -0.145. The summed E-state index contributed by atoms with van der Waals surface area (Å²) in [5.74, 6) is -0.0296. The van der Waals surface area contributed by atoms with Gasteiger partial charge in [0.25, 0.3) is 0 Å². The molecule has 0 aromatic heterocycles. The van der Waals surface area contributed by atoms with E-state index in [4.69, 9.17) is 4.74 Å². The topological polar surface area (TPSA) is 46.6 Å². The van der Waals surface area contributed by atoms with Crippen LogP contribution in [0.15, 0.2) is 0 Å². The van der Waals surface area contributed by atoms with E-state index in [2.05, 4.69) is 15.9 Å². The summed E-state index contributed by atoms with van der Waals surface area (Å²) in [6, 6.07) is 0. The number of carbonyl (C=O) groups is 2. The van der Waals surface area contributed by atoms with Gasteiger partial charge in [0.2, 0.25) is 11.8 Å². The molecule has 5 heteroatoms. The lowest BCUT2D eigenvalue weighted by Crippen LogP contribution is -2.47. The van der Waals surface area contributed by atoms with E-state index in [1.165, 1.54) is 4.90 Å². The highest BCUT2D eigenvalue weighted by Crippen LogP contribution is 2.63. The maximum absolute atomic E-state index is 12.4. The zero-order chi connectivity index (χ0) is 13.8. The molecule has 2 heterocycles. The molecule has 0 spiro atoms. The molecule has 3 fully saturated rings. The number of piperidine rings is 1. The Morgan fingerprint density at radius 1 is 1.21 bits per heavy atom. The number of likely N-dealkylation sites (tertiary alicyclic amines) is 1. The summed E-state index contributed by atoms with van der Waals surface area (Å²) in [6.45, 7) is 6.04. The Balaban J connectivity index is 1.74. The van der Waals surface area contributed by atoms with Gasteiger partial charge in [-0.3, -0.25) is 14.5 Å². The van der Waals surface area contributed by atoms with Gasteiger partial charge >= 0.3 is 0 Å². The maximum Gasteiger partial charge on any atom is 0.233 e. The Hall–Kier alpha value is -0.420. The molecule has 0 N–H and O–H groups in total. The number of hydrogen-bond acceptors (Lipinski definition) is 3. The number of halogens is 1. The average molecular weight is 330 g/mol. The maximum atomic E-state index is 12.4. The molecule has 0 radical (unpaired) electrons. The van der Waals surface area contributed by atoms with Gasteiger partial charge in [-0.15, -0.1) is 0 Å². The van der Waals surface area contributed by atoms with Crippen molar-refractivity contribution in [2.24, 2.45) is 22.7 Å². The summed E-state index contributed by atoms with van der Waals surface area (Å²) in [4.78, 5) is 26.2. The van der Waals surface area contributed by atoms with Gasteiger partial charge in [0, 0.05) is 30.5 Å². The van der Waals surface area contributed by atoms with Crippen LogP contribution < -0.4 is 0 Å². The zero-order valence-electron chi connectivity index (χ0n) is 11.4. The van der Waals surface area contributed by atoms with Crippen LogP contribution in [0.5, 0.6) is 0 Å². The van der Waals surface area contributed by atoms with Crippen molar-refractivity contribution in [1.82, 2.24) is 4.90 Å². The SMILES string of the molecule is CC1(C)C2C(=O)N(CC3(CBr)CCOCC3)C(=O)C21. The van der Waals surface area contributed by atoms with Crippen molar-refractivity contribution < 1.29 is 14.3 Å². The van der Waals surface area contributed by atoms with Gasteiger partial charge in [-0.2, -0.15) is 0 Å². The van der Waals surface area contributed by atoms with Gasteiger partial charge < -0.3 is 4.74 Å². The van der Waals surface area contributed by atoms with E-state index in [-0.39, 0.29) is 34.5 Å². The third kappa shape index (κ3) is 1.88. The molecule has 0 bridgehead atoms. The van der Waals surface area contributed by atoms with Crippen LogP contribution >= 0.6 is 15.9 Å². The quantitative estimate of drug-likeness (QED) is 0.586. The fourth-order valence-electron chi connectivity index (χ4n) is 3.63. The number of rotatable bonds is 3. The molecule has 1 saturated carbocycles. The van der Waals surface area contributed by atoms with E-state index in [1.807, 2.05) is 13.8 Å². The molecule has 0 aromatic rings. The molecule has 2 amide bonds. The van der Waals surface area contributed by atoms with Crippen LogP contribution in [0.4, 0.5) is 0 Å². The van der Waals surface area contributed by atoms with Crippen molar-refractivity contribution >= 4 is 27.7 Å². The molecule has 2 aliphatic heterocycles. The molecule has 3 aliphatic rings. The smallest absolute Gasteiger partial charge is 0.233 e. The van der Waals surface area contributed by atoms with Gasteiger partial charge in [-0.25, -0.2) is 0 Å². The first-order chi connectivity index (χ1) is 8.93. The van der Waals surface area contributed by atoms with E-state index in [0.29, 0.717) is 6.54 Å². The zero-order valence-corrected chi connectivity index (χ0v) is 13.0. The Labute approximate surface area is 122 Å². The molecule has 1 aliphatic carbocycles. The third-order valence-electron chi connectivity index (χ3n) is 5.22. The lowest BCUT2D eigenvalue weighted by Gasteiger charge is -2.38. The summed E-state index contributed by atoms with van der Waals surface area (Å²) in [5, 5.41) is 0.819. The van der Waals surface area contributed by atoms with Gasteiger partial charge in [-0.1, -0.05) is 29.8 Å². The average Bonchev–Trinajstić information content (AvgIpc) is 2.88. The Kier molecular flexibility index (Phi) is 3.06. The Morgan fingerprint density at radius 3 is 2.21 bits per heavy atom. The first kappa shape index (κ1) is 13.6. The largest absolute Gasteiger partial charge is 0.381 e. The summed E-state index contributed by atoms with van der Waals surface area (Å²) < 4.78 is 5.40. The number of fused-ring (bicyclic) bond motifs is 1. The van der Waals surface area contributed by atoms with Crippen molar-refractivity contribution in [3.05, 3.63) is 0 Å².